The Bertz CT molecular complexity index is 927. The first-order valence-electron chi connectivity index (χ1n) is 13.0. The molecule has 0 bridgehead atoms. The van der Waals surface area contributed by atoms with Crippen LogP contribution in [0, 0.1) is 22.7 Å². The number of ether oxygens (including phenoxy) is 3. The molecule has 0 aromatic rings. The van der Waals surface area contributed by atoms with Crippen molar-refractivity contribution in [3.63, 3.8) is 0 Å². The van der Waals surface area contributed by atoms with Crippen LogP contribution in [0.2, 0.25) is 0 Å². The molecule has 0 unspecified atom stereocenters. The molecule has 2 aliphatic carbocycles. The van der Waals surface area contributed by atoms with E-state index in [1.807, 2.05) is 27.7 Å². The van der Waals surface area contributed by atoms with Gasteiger partial charge in [0.05, 0.1) is 11.7 Å². The highest BCUT2D eigenvalue weighted by molar-refractivity contribution is 5.92. The Labute approximate surface area is 214 Å². The Morgan fingerprint density at radius 1 is 1.19 bits per heavy atom. The van der Waals surface area contributed by atoms with Gasteiger partial charge in [-0.15, -0.1) is 6.58 Å². The number of carbonyl (C=O) groups excluding carboxylic acids is 3. The van der Waals surface area contributed by atoms with Crippen molar-refractivity contribution in [2.24, 2.45) is 22.7 Å². The van der Waals surface area contributed by atoms with E-state index in [1.54, 1.807) is 13.8 Å². The van der Waals surface area contributed by atoms with Gasteiger partial charge < -0.3 is 24.4 Å². The van der Waals surface area contributed by atoms with Crippen molar-refractivity contribution in [2.45, 2.75) is 123 Å². The topological polar surface area (TPSA) is 119 Å². The first-order chi connectivity index (χ1) is 16.4. The van der Waals surface area contributed by atoms with Gasteiger partial charge in [0.25, 0.3) is 0 Å². The summed E-state index contributed by atoms with van der Waals surface area (Å²) in [5, 5.41) is 24.0. The molecular weight excluding hydrogens is 464 g/mol. The Balaban J connectivity index is 2.29. The predicted octanol–water partition coefficient (Wildman–Crippen LogP) is 3.51. The van der Waals surface area contributed by atoms with Crippen LogP contribution in [0.3, 0.4) is 0 Å². The van der Waals surface area contributed by atoms with Gasteiger partial charge in [0.1, 0.15) is 11.7 Å². The van der Waals surface area contributed by atoms with Gasteiger partial charge in [-0.05, 0) is 44.4 Å². The number of hydrogen-bond donors (Lipinski definition) is 2. The summed E-state index contributed by atoms with van der Waals surface area (Å²) >= 11 is 0. The lowest BCUT2D eigenvalue weighted by atomic mass is 9.39. The van der Waals surface area contributed by atoms with Gasteiger partial charge in [0.15, 0.2) is 17.5 Å². The van der Waals surface area contributed by atoms with Gasteiger partial charge in [0, 0.05) is 31.1 Å². The second-order valence-electron chi connectivity index (χ2n) is 12.8. The maximum absolute atomic E-state index is 13.9. The molecule has 3 aliphatic rings. The fraction of sp³-hybridized carbons (Fsp3) is 0.821. The molecule has 8 atom stereocenters. The molecule has 8 nitrogen and oxygen atoms in total. The van der Waals surface area contributed by atoms with Crippen LogP contribution in [-0.2, 0) is 28.6 Å². The molecule has 204 valence electrons. The maximum atomic E-state index is 13.9. The number of rotatable bonds is 6. The van der Waals surface area contributed by atoms with Gasteiger partial charge in [-0.1, -0.05) is 40.7 Å². The van der Waals surface area contributed by atoms with E-state index in [4.69, 9.17) is 14.2 Å². The van der Waals surface area contributed by atoms with E-state index in [9.17, 15) is 24.6 Å². The Hall–Kier alpha value is -1.77. The number of fused-ring (bicyclic) bond motifs is 3. The van der Waals surface area contributed by atoms with E-state index in [1.165, 1.54) is 19.9 Å². The second kappa shape index (κ2) is 9.21. The Kier molecular flexibility index (Phi) is 7.36. The number of hydrogen-bond acceptors (Lipinski definition) is 8. The van der Waals surface area contributed by atoms with Gasteiger partial charge in [-0.2, -0.15) is 0 Å². The molecule has 1 saturated heterocycles. The molecule has 3 rings (SSSR count). The average Bonchev–Trinajstić information content (AvgIpc) is 2.75. The summed E-state index contributed by atoms with van der Waals surface area (Å²) in [7, 11) is 0. The molecule has 0 radical (unpaired) electrons. The molecule has 1 aliphatic heterocycles. The Morgan fingerprint density at radius 3 is 2.33 bits per heavy atom. The van der Waals surface area contributed by atoms with Crippen molar-refractivity contribution in [3.8, 4) is 0 Å². The zero-order valence-corrected chi connectivity index (χ0v) is 23.1. The molecule has 2 saturated carbocycles. The molecule has 36 heavy (non-hydrogen) atoms. The third-order valence-corrected chi connectivity index (χ3v) is 9.19. The van der Waals surface area contributed by atoms with Crippen molar-refractivity contribution in [1.82, 2.24) is 0 Å². The van der Waals surface area contributed by atoms with Crippen LogP contribution in [0.25, 0.3) is 0 Å². The van der Waals surface area contributed by atoms with Crippen molar-refractivity contribution in [3.05, 3.63) is 12.7 Å². The number of carbonyl (C=O) groups is 3. The average molecular weight is 509 g/mol. The minimum Gasteiger partial charge on any atom is -0.458 e. The predicted molar refractivity (Wildman–Crippen MR) is 133 cm³/mol. The zero-order valence-electron chi connectivity index (χ0n) is 23.1. The van der Waals surface area contributed by atoms with Crippen molar-refractivity contribution >= 4 is 17.7 Å². The third-order valence-electron chi connectivity index (χ3n) is 9.19. The van der Waals surface area contributed by atoms with Gasteiger partial charge in [0.2, 0.25) is 0 Å². The van der Waals surface area contributed by atoms with Crippen molar-refractivity contribution in [1.29, 1.82) is 0 Å². The van der Waals surface area contributed by atoms with Gasteiger partial charge >= 0.3 is 11.9 Å². The van der Waals surface area contributed by atoms with Crippen LogP contribution in [-0.4, -0.2) is 63.0 Å². The van der Waals surface area contributed by atoms with Gasteiger partial charge in [-0.25, -0.2) is 0 Å². The molecule has 0 aromatic heterocycles. The van der Waals surface area contributed by atoms with Crippen LogP contribution in [0.4, 0.5) is 0 Å². The fourth-order valence-electron chi connectivity index (χ4n) is 7.36. The van der Waals surface area contributed by atoms with Gasteiger partial charge in [-0.3, -0.25) is 14.4 Å². The monoisotopic (exact) mass is 508 g/mol. The van der Waals surface area contributed by atoms with E-state index in [-0.39, 0.29) is 18.8 Å². The van der Waals surface area contributed by atoms with Crippen LogP contribution in [0.15, 0.2) is 12.7 Å². The molecule has 0 aromatic carbocycles. The minimum absolute atomic E-state index is 0.163. The van der Waals surface area contributed by atoms with Crippen molar-refractivity contribution in [2.75, 3.05) is 0 Å². The maximum Gasteiger partial charge on any atom is 0.306 e. The molecular formula is C28H44O8. The van der Waals surface area contributed by atoms with Crippen LogP contribution in [0.1, 0.15) is 87.5 Å². The first kappa shape index (κ1) is 28.8. The van der Waals surface area contributed by atoms with E-state index in [0.29, 0.717) is 19.3 Å². The molecule has 8 heteroatoms. The molecule has 0 spiro atoms. The summed E-state index contributed by atoms with van der Waals surface area (Å²) in [6, 6.07) is 0. The number of Topliss-reactive ketones (excluding diaryl/α,β-unsaturated/α-hetero) is 1. The lowest BCUT2D eigenvalue weighted by molar-refractivity contribution is -0.371. The van der Waals surface area contributed by atoms with E-state index in [0.717, 1.165) is 0 Å². The molecule has 0 amide bonds. The number of ketones is 1. The highest BCUT2D eigenvalue weighted by Gasteiger charge is 2.82. The van der Waals surface area contributed by atoms with E-state index >= 15 is 0 Å². The summed E-state index contributed by atoms with van der Waals surface area (Å²) in [4.78, 5) is 39.4. The standard InChI is InChI=1S/C28H44O8/c1-10-25(7)15-19(31)28(33)26(8)18(30)13-14-24(5,6)22(26)21(35-20(32)12-11-16(2)3)23(34-17(4)29)27(28,9)36-25/h10,16,18,21-23,30,33H,1,11-15H2,2-9H3/t18-,21-,22-,23-,25-,26+,27+,28-/m0/s1. The largest absolute Gasteiger partial charge is 0.458 e. The van der Waals surface area contributed by atoms with Crippen molar-refractivity contribution < 1.29 is 38.8 Å². The summed E-state index contributed by atoms with van der Waals surface area (Å²) < 4.78 is 18.4. The van der Waals surface area contributed by atoms with Crippen LogP contribution < -0.4 is 0 Å². The molecule has 1 heterocycles. The lowest BCUT2D eigenvalue weighted by Gasteiger charge is -2.71. The normalized spacial score (nSPS) is 43.8. The number of aliphatic hydroxyl groups excluding tert-OH is 1. The quantitative estimate of drug-likeness (QED) is 0.413. The minimum atomic E-state index is -2.23. The molecule has 3 fully saturated rings. The highest BCUT2D eigenvalue weighted by atomic mass is 16.6. The Morgan fingerprint density at radius 2 is 1.81 bits per heavy atom. The first-order valence-corrected chi connectivity index (χ1v) is 13.0. The number of aliphatic hydroxyl groups is 2. The summed E-state index contributed by atoms with van der Waals surface area (Å²) in [5.41, 5.74) is -7.26. The van der Waals surface area contributed by atoms with Crippen LogP contribution >= 0.6 is 0 Å². The highest BCUT2D eigenvalue weighted by Crippen LogP contribution is 2.67. The summed E-state index contributed by atoms with van der Waals surface area (Å²) in [6.07, 6.45) is -0.437. The van der Waals surface area contributed by atoms with E-state index in [2.05, 4.69) is 6.58 Å². The SMILES string of the molecule is C=C[C@@]1(C)CC(=O)[C@]2(O)[C@]3(C)[C@@H](O)CCC(C)(C)[C@@H]3[C@H](OC(=O)CCC(C)C)[C@H](OC(C)=O)[C@@]2(C)O1. The number of esters is 2. The van der Waals surface area contributed by atoms with E-state index < -0.39 is 69.6 Å². The third kappa shape index (κ3) is 4.13. The smallest absolute Gasteiger partial charge is 0.306 e. The molecule has 2 N–H and O–H groups in total. The fourth-order valence-corrected chi connectivity index (χ4v) is 7.36. The second-order valence-corrected chi connectivity index (χ2v) is 12.8. The lowest BCUT2D eigenvalue weighted by Crippen LogP contribution is -2.87. The zero-order chi connectivity index (χ0) is 27.5. The summed E-state index contributed by atoms with van der Waals surface area (Å²) in [6.45, 7) is 17.9. The van der Waals surface area contributed by atoms with Crippen LogP contribution in [0.5, 0.6) is 0 Å². The summed E-state index contributed by atoms with van der Waals surface area (Å²) in [5.74, 6) is -2.08.